The van der Waals surface area contributed by atoms with Crippen LogP contribution in [0.25, 0.3) is 11.3 Å². The van der Waals surface area contributed by atoms with Crippen LogP contribution in [-0.4, -0.2) is 42.3 Å². The summed E-state index contributed by atoms with van der Waals surface area (Å²) in [6.45, 7) is 9.88. The number of nitrogens with zero attached hydrogens (tertiary/aromatic N) is 3. The third kappa shape index (κ3) is 4.56. The highest BCUT2D eigenvalue weighted by Gasteiger charge is 2.14. The van der Waals surface area contributed by atoms with E-state index < -0.39 is 0 Å². The predicted octanol–water partition coefficient (Wildman–Crippen LogP) is 3.25. The number of morpholine rings is 1. The average molecular weight is 358 g/mol. The fraction of sp³-hybridized carbons (Fsp3) is 0.500. The molecule has 0 spiro atoms. The molecule has 3 rings (SSSR count). The Morgan fingerprint density at radius 1 is 1.19 bits per heavy atom. The van der Waals surface area contributed by atoms with Crippen molar-refractivity contribution in [2.45, 2.75) is 33.4 Å². The molecule has 0 unspecified atom stereocenters. The maximum Gasteiger partial charge on any atom is 0.146 e. The minimum Gasteiger partial charge on any atom is -0.378 e. The van der Waals surface area contributed by atoms with Gasteiger partial charge in [-0.25, -0.2) is 14.4 Å². The number of pyridine rings is 2. The summed E-state index contributed by atoms with van der Waals surface area (Å²) in [5.74, 6) is 1.11. The Balaban J connectivity index is 1.79. The number of hydrogen-bond donors (Lipinski definition) is 1. The molecule has 1 fully saturated rings. The molecular weight excluding hydrogens is 331 g/mol. The molecule has 1 aliphatic heterocycles. The van der Waals surface area contributed by atoms with E-state index in [4.69, 9.17) is 4.74 Å². The Labute approximate surface area is 154 Å². The smallest absolute Gasteiger partial charge is 0.146 e. The van der Waals surface area contributed by atoms with E-state index in [1.165, 1.54) is 6.07 Å². The highest BCUT2D eigenvalue weighted by Crippen LogP contribution is 2.23. The molecule has 2 aromatic rings. The lowest BCUT2D eigenvalue weighted by molar-refractivity contribution is 0.122. The maximum absolute atomic E-state index is 14.2. The van der Waals surface area contributed by atoms with Crippen LogP contribution >= 0.6 is 0 Å². The van der Waals surface area contributed by atoms with Gasteiger partial charge in [0.1, 0.15) is 11.6 Å². The van der Waals surface area contributed by atoms with Crippen molar-refractivity contribution in [3.63, 3.8) is 0 Å². The Morgan fingerprint density at radius 2 is 1.96 bits per heavy atom. The van der Waals surface area contributed by atoms with E-state index in [1.54, 1.807) is 12.3 Å². The molecule has 6 heteroatoms. The van der Waals surface area contributed by atoms with Gasteiger partial charge in [0.25, 0.3) is 0 Å². The molecule has 0 aliphatic carbocycles. The molecule has 0 saturated carbocycles. The first-order valence-corrected chi connectivity index (χ1v) is 9.22. The van der Waals surface area contributed by atoms with Gasteiger partial charge in [0, 0.05) is 37.4 Å². The van der Waals surface area contributed by atoms with Gasteiger partial charge in [0.2, 0.25) is 0 Å². The molecule has 5 nitrogen and oxygen atoms in total. The van der Waals surface area contributed by atoms with Crippen LogP contribution in [0.3, 0.4) is 0 Å². The van der Waals surface area contributed by atoms with Crippen LogP contribution in [0.2, 0.25) is 0 Å². The molecule has 1 atom stereocenters. The summed E-state index contributed by atoms with van der Waals surface area (Å²) >= 11 is 0. The zero-order valence-corrected chi connectivity index (χ0v) is 15.7. The first-order valence-electron chi connectivity index (χ1n) is 9.22. The lowest BCUT2D eigenvalue weighted by Crippen LogP contribution is -2.36. The van der Waals surface area contributed by atoms with E-state index in [-0.39, 0.29) is 5.82 Å². The van der Waals surface area contributed by atoms with Crippen molar-refractivity contribution in [1.29, 1.82) is 0 Å². The maximum atomic E-state index is 14.2. The molecule has 0 aromatic carbocycles. The van der Waals surface area contributed by atoms with Gasteiger partial charge in [-0.3, -0.25) is 0 Å². The van der Waals surface area contributed by atoms with Gasteiger partial charge in [-0.2, -0.15) is 0 Å². The third-order valence-electron chi connectivity index (χ3n) is 4.89. The summed E-state index contributed by atoms with van der Waals surface area (Å²) in [5.41, 5.74) is 2.15. The lowest BCUT2D eigenvalue weighted by atomic mass is 10.1. The molecule has 140 valence electrons. The van der Waals surface area contributed by atoms with Crippen molar-refractivity contribution in [2.75, 3.05) is 31.2 Å². The van der Waals surface area contributed by atoms with Gasteiger partial charge in [-0.15, -0.1) is 0 Å². The highest BCUT2D eigenvalue weighted by atomic mass is 19.1. The van der Waals surface area contributed by atoms with E-state index >= 15 is 0 Å². The lowest BCUT2D eigenvalue weighted by Gasteiger charge is -2.28. The van der Waals surface area contributed by atoms with Crippen molar-refractivity contribution in [2.24, 2.45) is 5.92 Å². The standard InChI is InChI=1S/C20H27FN4O/c1-14(2)15(3)23-13-19-17(21)4-5-18(24-19)16-6-7-22-20(12-16)25-8-10-26-11-9-25/h4-7,12,14-15,23H,8-11,13H2,1-3H3/t15-/m1/s1. The largest absolute Gasteiger partial charge is 0.378 e. The second kappa shape index (κ2) is 8.56. The van der Waals surface area contributed by atoms with E-state index in [9.17, 15) is 4.39 Å². The van der Waals surface area contributed by atoms with E-state index in [0.717, 1.165) is 30.2 Å². The quantitative estimate of drug-likeness (QED) is 0.859. The number of ether oxygens (including phenoxy) is 1. The fourth-order valence-electron chi connectivity index (χ4n) is 2.81. The molecule has 1 N–H and O–H groups in total. The first kappa shape index (κ1) is 18.7. The monoisotopic (exact) mass is 358 g/mol. The Kier molecular flexibility index (Phi) is 6.16. The molecule has 0 radical (unpaired) electrons. The Morgan fingerprint density at radius 3 is 2.69 bits per heavy atom. The first-order chi connectivity index (χ1) is 12.5. The van der Waals surface area contributed by atoms with Crippen LogP contribution in [0.5, 0.6) is 0 Å². The normalized spacial score (nSPS) is 16.1. The van der Waals surface area contributed by atoms with Crippen LogP contribution < -0.4 is 10.2 Å². The second-order valence-electron chi connectivity index (χ2n) is 7.04. The minimum absolute atomic E-state index is 0.278. The van der Waals surface area contributed by atoms with Crippen molar-refractivity contribution >= 4 is 5.82 Å². The Bertz CT molecular complexity index is 732. The van der Waals surface area contributed by atoms with Crippen LogP contribution in [-0.2, 0) is 11.3 Å². The van der Waals surface area contributed by atoms with E-state index in [1.807, 2.05) is 12.1 Å². The fourth-order valence-corrected chi connectivity index (χ4v) is 2.81. The van der Waals surface area contributed by atoms with Crippen molar-refractivity contribution in [3.05, 3.63) is 42.0 Å². The van der Waals surface area contributed by atoms with Gasteiger partial charge >= 0.3 is 0 Å². The summed E-state index contributed by atoms with van der Waals surface area (Å²) in [4.78, 5) is 11.2. The second-order valence-corrected chi connectivity index (χ2v) is 7.04. The third-order valence-corrected chi connectivity index (χ3v) is 4.89. The SMILES string of the molecule is CC(C)[C@@H](C)NCc1nc(-c2ccnc(N3CCOCC3)c2)ccc1F. The molecule has 0 amide bonds. The van der Waals surface area contributed by atoms with Gasteiger partial charge in [-0.05, 0) is 37.1 Å². The summed E-state index contributed by atoms with van der Waals surface area (Å²) in [7, 11) is 0. The average Bonchev–Trinajstić information content (AvgIpc) is 2.67. The van der Waals surface area contributed by atoms with Crippen LogP contribution in [0, 0.1) is 11.7 Å². The molecule has 26 heavy (non-hydrogen) atoms. The van der Waals surface area contributed by atoms with Crippen molar-refractivity contribution < 1.29 is 9.13 Å². The molecule has 1 saturated heterocycles. The predicted molar refractivity (Wildman–Crippen MR) is 102 cm³/mol. The molecule has 0 bridgehead atoms. The van der Waals surface area contributed by atoms with Crippen molar-refractivity contribution in [1.82, 2.24) is 15.3 Å². The van der Waals surface area contributed by atoms with Gasteiger partial charge in [-0.1, -0.05) is 13.8 Å². The van der Waals surface area contributed by atoms with Gasteiger partial charge < -0.3 is 15.0 Å². The highest BCUT2D eigenvalue weighted by molar-refractivity contribution is 5.63. The van der Waals surface area contributed by atoms with E-state index in [0.29, 0.717) is 37.4 Å². The van der Waals surface area contributed by atoms with Crippen LogP contribution in [0.1, 0.15) is 26.5 Å². The molecule has 2 aromatic heterocycles. The molecule has 3 heterocycles. The minimum atomic E-state index is -0.278. The summed E-state index contributed by atoms with van der Waals surface area (Å²) in [6, 6.07) is 7.45. The number of anilines is 1. The number of aromatic nitrogens is 2. The zero-order valence-electron chi connectivity index (χ0n) is 15.7. The van der Waals surface area contributed by atoms with Gasteiger partial charge in [0.15, 0.2) is 0 Å². The zero-order chi connectivity index (χ0) is 18.5. The summed E-state index contributed by atoms with van der Waals surface area (Å²) in [6.07, 6.45) is 1.78. The van der Waals surface area contributed by atoms with Crippen LogP contribution in [0.4, 0.5) is 10.2 Å². The molecular formula is C20H27FN4O. The number of halogens is 1. The van der Waals surface area contributed by atoms with Gasteiger partial charge in [0.05, 0.1) is 24.6 Å². The van der Waals surface area contributed by atoms with E-state index in [2.05, 4.69) is 41.0 Å². The topological polar surface area (TPSA) is 50.3 Å². The summed E-state index contributed by atoms with van der Waals surface area (Å²) in [5, 5.41) is 3.34. The number of hydrogen-bond acceptors (Lipinski definition) is 5. The molecule has 1 aliphatic rings. The van der Waals surface area contributed by atoms with Crippen LogP contribution in [0.15, 0.2) is 30.5 Å². The van der Waals surface area contributed by atoms with Crippen molar-refractivity contribution in [3.8, 4) is 11.3 Å². The number of nitrogens with one attached hydrogen (secondary N) is 1. The number of rotatable bonds is 6. The summed E-state index contributed by atoms with van der Waals surface area (Å²) < 4.78 is 19.6. The Hall–Kier alpha value is -2.05.